The molecule has 1 amide bonds. The number of furan rings is 1. The number of hydrogen-bond donors (Lipinski definition) is 2. The number of carbonyl (C=O) groups excluding carboxylic acids is 1. The molecule has 6 nitrogen and oxygen atoms in total. The van der Waals surface area contributed by atoms with Gasteiger partial charge in [-0.3, -0.25) is 4.79 Å². The summed E-state index contributed by atoms with van der Waals surface area (Å²) in [5, 5.41) is 3.75. The number of nitrogens with zero attached hydrogens (tertiary/aromatic N) is 1. The van der Waals surface area contributed by atoms with Crippen LogP contribution in [0.25, 0.3) is 22.2 Å². The van der Waals surface area contributed by atoms with E-state index >= 15 is 0 Å². The topological polar surface area (TPSA) is 80.1 Å². The summed E-state index contributed by atoms with van der Waals surface area (Å²) in [5.74, 6) is 1.22. The molecule has 0 bridgehead atoms. The molecule has 146 valence electrons. The predicted molar refractivity (Wildman–Crippen MR) is 115 cm³/mol. The summed E-state index contributed by atoms with van der Waals surface area (Å²) in [6.45, 7) is 0. The highest BCUT2D eigenvalue weighted by Crippen LogP contribution is 2.29. The van der Waals surface area contributed by atoms with Crippen molar-refractivity contribution in [3.63, 3.8) is 0 Å². The zero-order valence-electron chi connectivity index (χ0n) is 15.8. The molecule has 5 rings (SSSR count). The minimum atomic E-state index is -0.236. The van der Waals surface area contributed by atoms with Crippen LogP contribution in [0.15, 0.2) is 96.1 Å². The highest BCUT2D eigenvalue weighted by atomic mass is 16.5. The van der Waals surface area contributed by atoms with E-state index in [0.29, 0.717) is 22.6 Å². The van der Waals surface area contributed by atoms with Gasteiger partial charge in [0.1, 0.15) is 17.1 Å². The van der Waals surface area contributed by atoms with Crippen LogP contribution in [0.3, 0.4) is 0 Å². The molecule has 0 radical (unpaired) electrons. The Kier molecular flexibility index (Phi) is 4.50. The number of aromatic amines is 1. The zero-order chi connectivity index (χ0) is 20.3. The van der Waals surface area contributed by atoms with E-state index < -0.39 is 0 Å². The average molecular weight is 395 g/mol. The number of benzene rings is 2. The van der Waals surface area contributed by atoms with E-state index in [4.69, 9.17) is 9.15 Å². The lowest BCUT2D eigenvalue weighted by Gasteiger charge is -2.08. The highest BCUT2D eigenvalue weighted by molar-refractivity contribution is 6.07. The van der Waals surface area contributed by atoms with Gasteiger partial charge in [0.05, 0.1) is 18.1 Å². The Morgan fingerprint density at radius 2 is 1.80 bits per heavy atom. The second kappa shape index (κ2) is 7.60. The van der Waals surface area contributed by atoms with Crippen LogP contribution in [0.5, 0.6) is 11.5 Å². The first-order valence-electron chi connectivity index (χ1n) is 9.40. The molecule has 0 aliphatic carbocycles. The minimum Gasteiger partial charge on any atom is -0.472 e. The van der Waals surface area contributed by atoms with Crippen LogP contribution in [0.1, 0.15) is 10.4 Å². The summed E-state index contributed by atoms with van der Waals surface area (Å²) in [6, 6.07) is 20.5. The smallest absolute Gasteiger partial charge is 0.257 e. The van der Waals surface area contributed by atoms with Crippen LogP contribution < -0.4 is 10.1 Å². The van der Waals surface area contributed by atoms with Crippen molar-refractivity contribution in [1.82, 2.24) is 9.97 Å². The van der Waals surface area contributed by atoms with Crippen LogP contribution in [0, 0.1) is 0 Å². The molecular formula is C24H17N3O3. The average Bonchev–Trinajstić information content (AvgIpc) is 3.45. The number of anilines is 1. The molecule has 2 aromatic carbocycles. The third-order valence-electron chi connectivity index (χ3n) is 4.72. The van der Waals surface area contributed by atoms with Crippen molar-refractivity contribution in [2.75, 3.05) is 5.32 Å². The van der Waals surface area contributed by atoms with Crippen molar-refractivity contribution in [3.05, 3.63) is 97.2 Å². The number of pyridine rings is 1. The normalized spacial score (nSPS) is 10.8. The molecule has 0 saturated carbocycles. The second-order valence-electron chi connectivity index (χ2n) is 6.73. The lowest BCUT2D eigenvalue weighted by atomic mass is 10.1. The maximum absolute atomic E-state index is 12.7. The number of rotatable bonds is 5. The monoisotopic (exact) mass is 395 g/mol. The number of aromatic nitrogens is 2. The van der Waals surface area contributed by atoms with E-state index in [1.807, 2.05) is 60.8 Å². The first kappa shape index (κ1) is 17.8. The Morgan fingerprint density at radius 1 is 1.00 bits per heavy atom. The zero-order valence-corrected chi connectivity index (χ0v) is 15.8. The molecule has 5 aromatic rings. The fourth-order valence-electron chi connectivity index (χ4n) is 3.22. The largest absolute Gasteiger partial charge is 0.472 e. The van der Waals surface area contributed by atoms with E-state index in [9.17, 15) is 4.79 Å². The molecule has 0 aliphatic rings. The number of fused-ring (bicyclic) bond motifs is 1. The molecule has 30 heavy (non-hydrogen) atoms. The SMILES string of the molecule is O=C(Nc1ccc(Oc2ccccc2)cc1)c1cnc2[nH]cc(-c3ccoc3)c2c1. The van der Waals surface area contributed by atoms with Crippen LogP contribution in [-0.4, -0.2) is 15.9 Å². The first-order chi connectivity index (χ1) is 14.8. The summed E-state index contributed by atoms with van der Waals surface area (Å²) in [5.41, 5.74) is 3.71. The Morgan fingerprint density at radius 3 is 2.57 bits per heavy atom. The number of para-hydroxylation sites is 1. The van der Waals surface area contributed by atoms with Crippen molar-refractivity contribution < 1.29 is 13.9 Å². The number of H-pyrrole nitrogens is 1. The molecule has 6 heteroatoms. The van der Waals surface area contributed by atoms with Crippen molar-refractivity contribution in [1.29, 1.82) is 0 Å². The standard InChI is InChI=1S/C24H17N3O3/c28-24(27-18-6-8-20(9-7-18)30-19-4-2-1-3-5-19)17-12-21-22(16-10-11-29-15-16)14-26-23(21)25-13-17/h1-15H,(H,25,26)(H,27,28). The van der Waals surface area contributed by atoms with Gasteiger partial charge in [0.15, 0.2) is 0 Å². The fourth-order valence-corrected chi connectivity index (χ4v) is 3.22. The van der Waals surface area contributed by atoms with E-state index in [1.165, 1.54) is 0 Å². The molecule has 0 aliphatic heterocycles. The van der Waals surface area contributed by atoms with Gasteiger partial charge in [-0.1, -0.05) is 18.2 Å². The molecule has 2 N–H and O–H groups in total. The summed E-state index contributed by atoms with van der Waals surface area (Å²) in [7, 11) is 0. The maximum Gasteiger partial charge on any atom is 0.257 e. The number of carbonyl (C=O) groups is 1. The van der Waals surface area contributed by atoms with Crippen molar-refractivity contribution in [2.24, 2.45) is 0 Å². The molecule has 0 spiro atoms. The van der Waals surface area contributed by atoms with Gasteiger partial charge in [-0.15, -0.1) is 0 Å². The van der Waals surface area contributed by atoms with Gasteiger partial charge in [-0.2, -0.15) is 0 Å². The molecule has 3 aromatic heterocycles. The van der Waals surface area contributed by atoms with Crippen LogP contribution >= 0.6 is 0 Å². The lowest BCUT2D eigenvalue weighted by Crippen LogP contribution is -2.12. The van der Waals surface area contributed by atoms with Gasteiger partial charge >= 0.3 is 0 Å². The lowest BCUT2D eigenvalue weighted by molar-refractivity contribution is 0.102. The van der Waals surface area contributed by atoms with E-state index in [-0.39, 0.29) is 5.91 Å². The maximum atomic E-state index is 12.7. The van der Waals surface area contributed by atoms with Crippen LogP contribution in [0.4, 0.5) is 5.69 Å². The van der Waals surface area contributed by atoms with Gasteiger partial charge < -0.3 is 19.5 Å². The third kappa shape index (κ3) is 3.54. The second-order valence-corrected chi connectivity index (χ2v) is 6.73. The van der Waals surface area contributed by atoms with E-state index in [1.54, 1.807) is 30.9 Å². The van der Waals surface area contributed by atoms with Crippen LogP contribution in [-0.2, 0) is 0 Å². The van der Waals surface area contributed by atoms with Gasteiger partial charge in [0.2, 0.25) is 0 Å². The number of nitrogens with one attached hydrogen (secondary N) is 2. The predicted octanol–water partition coefficient (Wildman–Crippen LogP) is 5.87. The number of hydrogen-bond acceptors (Lipinski definition) is 4. The van der Waals surface area contributed by atoms with Crippen molar-refractivity contribution in [3.8, 4) is 22.6 Å². The molecule has 3 heterocycles. The molecule has 0 fully saturated rings. The van der Waals surface area contributed by atoms with Gasteiger partial charge in [-0.25, -0.2) is 4.98 Å². The van der Waals surface area contributed by atoms with Gasteiger partial charge in [0.25, 0.3) is 5.91 Å². The summed E-state index contributed by atoms with van der Waals surface area (Å²) >= 11 is 0. The Hall–Kier alpha value is -4.32. The Bertz CT molecular complexity index is 1290. The highest BCUT2D eigenvalue weighted by Gasteiger charge is 2.13. The number of ether oxygens (including phenoxy) is 1. The van der Waals surface area contributed by atoms with Crippen molar-refractivity contribution in [2.45, 2.75) is 0 Å². The van der Waals surface area contributed by atoms with Gasteiger partial charge in [-0.05, 0) is 48.5 Å². The number of amides is 1. The third-order valence-corrected chi connectivity index (χ3v) is 4.72. The van der Waals surface area contributed by atoms with Crippen LogP contribution in [0.2, 0.25) is 0 Å². The quantitative estimate of drug-likeness (QED) is 0.390. The Balaban J connectivity index is 1.34. The fraction of sp³-hybridized carbons (Fsp3) is 0. The molecular weight excluding hydrogens is 378 g/mol. The molecule has 0 saturated heterocycles. The Labute approximate surface area is 172 Å². The summed E-state index contributed by atoms with van der Waals surface area (Å²) in [6.07, 6.45) is 6.69. The van der Waals surface area contributed by atoms with E-state index in [2.05, 4.69) is 15.3 Å². The first-order valence-corrected chi connectivity index (χ1v) is 9.40. The van der Waals surface area contributed by atoms with Gasteiger partial charge in [0, 0.05) is 34.6 Å². The van der Waals surface area contributed by atoms with Crippen molar-refractivity contribution >= 4 is 22.6 Å². The molecule has 0 unspecified atom stereocenters. The minimum absolute atomic E-state index is 0.236. The summed E-state index contributed by atoms with van der Waals surface area (Å²) in [4.78, 5) is 20.2. The molecule has 0 atom stereocenters. The van der Waals surface area contributed by atoms with E-state index in [0.717, 1.165) is 22.3 Å². The summed E-state index contributed by atoms with van der Waals surface area (Å²) < 4.78 is 10.9.